The van der Waals surface area contributed by atoms with Crippen LogP contribution in [0.25, 0.3) is 0 Å². The van der Waals surface area contributed by atoms with E-state index in [-0.39, 0.29) is 5.75 Å². The number of halogens is 3. The number of allylic oxidation sites excluding steroid dienone is 1. The molecule has 0 unspecified atom stereocenters. The second-order valence-corrected chi connectivity index (χ2v) is 6.39. The molecule has 0 radical (unpaired) electrons. The molecule has 1 atom stereocenters. The highest BCUT2D eigenvalue weighted by Crippen LogP contribution is 2.29. The minimum absolute atomic E-state index is 0.00766. The Morgan fingerprint density at radius 3 is 2.39 bits per heavy atom. The first-order valence-corrected chi connectivity index (χ1v) is 8.64. The zero-order chi connectivity index (χ0) is 20.3. The van der Waals surface area contributed by atoms with Crippen LogP contribution >= 0.6 is 12.2 Å². The summed E-state index contributed by atoms with van der Waals surface area (Å²) in [6.07, 6.45) is 0. The number of ether oxygens (including phenoxy) is 1. The first kappa shape index (κ1) is 19.7. The number of amides is 1. The monoisotopic (exact) mass is 407 g/mol. The molecule has 1 aliphatic rings. The van der Waals surface area contributed by atoms with Crippen molar-refractivity contribution in [3.63, 3.8) is 0 Å². The third kappa shape index (κ3) is 4.61. The second kappa shape index (κ2) is 8.30. The molecule has 2 aromatic carbocycles. The summed E-state index contributed by atoms with van der Waals surface area (Å²) in [7, 11) is 0. The number of hydrogen-bond acceptors (Lipinski definition) is 3. The summed E-state index contributed by atoms with van der Waals surface area (Å²) in [5.74, 6) is -0.818. The van der Waals surface area contributed by atoms with Gasteiger partial charge in [-0.05, 0) is 61.1 Å². The molecule has 0 aromatic heterocycles. The average molecular weight is 407 g/mol. The van der Waals surface area contributed by atoms with Gasteiger partial charge in [0.15, 0.2) is 5.11 Å². The topological polar surface area (TPSA) is 62.4 Å². The van der Waals surface area contributed by atoms with Crippen LogP contribution in [-0.2, 0) is 4.79 Å². The molecule has 2 aromatic rings. The van der Waals surface area contributed by atoms with Gasteiger partial charge in [0, 0.05) is 11.4 Å². The molecule has 1 aliphatic heterocycles. The quantitative estimate of drug-likeness (QED) is 0.657. The van der Waals surface area contributed by atoms with Crippen LogP contribution in [0.4, 0.5) is 18.9 Å². The lowest BCUT2D eigenvalue weighted by atomic mass is 9.95. The molecule has 0 saturated heterocycles. The molecule has 1 amide bonds. The maximum absolute atomic E-state index is 13.1. The predicted molar refractivity (Wildman–Crippen MR) is 102 cm³/mol. The number of hydrogen-bond donors (Lipinski definition) is 3. The second-order valence-electron chi connectivity index (χ2n) is 5.98. The maximum Gasteiger partial charge on any atom is 0.387 e. The number of carbonyl (C=O) groups excluding carboxylic acids is 1. The number of anilines is 1. The molecule has 3 N–H and O–H groups in total. The summed E-state index contributed by atoms with van der Waals surface area (Å²) < 4.78 is 42.1. The van der Waals surface area contributed by atoms with Gasteiger partial charge in [-0.1, -0.05) is 12.1 Å². The van der Waals surface area contributed by atoms with Gasteiger partial charge in [0.2, 0.25) is 0 Å². The van der Waals surface area contributed by atoms with Crippen molar-refractivity contribution in [1.29, 1.82) is 0 Å². The van der Waals surface area contributed by atoms with Crippen molar-refractivity contribution in [3.05, 3.63) is 71.2 Å². The summed E-state index contributed by atoms with van der Waals surface area (Å²) in [5.41, 5.74) is 1.97. The van der Waals surface area contributed by atoms with E-state index in [1.54, 1.807) is 19.1 Å². The Kier molecular flexibility index (Phi) is 5.84. The minimum Gasteiger partial charge on any atom is -0.435 e. The fraction of sp³-hybridized carbons (Fsp3) is 0.158. The number of nitrogens with one attached hydrogen (secondary N) is 3. The molecule has 5 nitrogen and oxygen atoms in total. The van der Waals surface area contributed by atoms with Crippen molar-refractivity contribution < 1.29 is 22.7 Å². The van der Waals surface area contributed by atoms with Crippen LogP contribution in [0.2, 0.25) is 0 Å². The zero-order valence-corrected chi connectivity index (χ0v) is 15.4. The van der Waals surface area contributed by atoms with Crippen LogP contribution in [0.5, 0.6) is 5.75 Å². The third-order valence-corrected chi connectivity index (χ3v) is 4.27. The summed E-state index contributed by atoms with van der Waals surface area (Å²) in [4.78, 5) is 12.9. The van der Waals surface area contributed by atoms with Gasteiger partial charge < -0.3 is 20.7 Å². The van der Waals surface area contributed by atoms with E-state index >= 15 is 0 Å². The molecule has 0 spiro atoms. The van der Waals surface area contributed by atoms with Crippen molar-refractivity contribution >= 4 is 28.9 Å². The SMILES string of the molecule is CC1=C(C(=O)Nc2ccc(F)cc2)[C@H](c2ccc(OC(F)F)cc2)NC(=S)N1. The summed E-state index contributed by atoms with van der Waals surface area (Å²) in [6, 6.07) is 10.7. The lowest BCUT2D eigenvalue weighted by Gasteiger charge is -2.30. The van der Waals surface area contributed by atoms with Crippen molar-refractivity contribution in [1.82, 2.24) is 10.6 Å². The normalized spacial score (nSPS) is 16.5. The Morgan fingerprint density at radius 2 is 1.79 bits per heavy atom. The number of thiocarbonyl (C=S) groups is 1. The lowest BCUT2D eigenvalue weighted by molar-refractivity contribution is -0.113. The molecule has 146 valence electrons. The molecule has 1 heterocycles. The Balaban J connectivity index is 1.87. The van der Waals surface area contributed by atoms with Crippen LogP contribution in [0.1, 0.15) is 18.5 Å². The van der Waals surface area contributed by atoms with Crippen LogP contribution in [0, 0.1) is 5.82 Å². The van der Waals surface area contributed by atoms with E-state index < -0.39 is 24.4 Å². The van der Waals surface area contributed by atoms with Crippen molar-refractivity contribution in [2.45, 2.75) is 19.6 Å². The predicted octanol–water partition coefficient (Wildman–Crippen LogP) is 3.86. The number of benzene rings is 2. The molecule has 0 fully saturated rings. The lowest BCUT2D eigenvalue weighted by Crippen LogP contribution is -2.45. The highest BCUT2D eigenvalue weighted by Gasteiger charge is 2.30. The molecular formula is C19H16F3N3O2S. The van der Waals surface area contributed by atoms with E-state index in [4.69, 9.17) is 12.2 Å². The van der Waals surface area contributed by atoms with Crippen LogP contribution in [0.15, 0.2) is 59.8 Å². The Bertz CT molecular complexity index is 915. The van der Waals surface area contributed by atoms with Gasteiger partial charge in [-0.15, -0.1) is 0 Å². The van der Waals surface area contributed by atoms with Crippen molar-refractivity contribution in [2.75, 3.05) is 5.32 Å². The van der Waals surface area contributed by atoms with Crippen LogP contribution in [-0.4, -0.2) is 17.6 Å². The molecule has 0 saturated carbocycles. The molecule has 28 heavy (non-hydrogen) atoms. The van der Waals surface area contributed by atoms with Crippen LogP contribution < -0.4 is 20.7 Å². The fourth-order valence-corrected chi connectivity index (χ4v) is 3.09. The molecule has 3 rings (SSSR count). The molecule has 0 bridgehead atoms. The minimum atomic E-state index is -2.92. The Hall–Kier alpha value is -3.07. The summed E-state index contributed by atoms with van der Waals surface area (Å²) >= 11 is 5.17. The Labute approximate surface area is 164 Å². The van der Waals surface area contributed by atoms with Gasteiger partial charge in [0.1, 0.15) is 11.6 Å². The van der Waals surface area contributed by atoms with E-state index in [1.165, 1.54) is 36.4 Å². The Morgan fingerprint density at radius 1 is 1.14 bits per heavy atom. The summed E-state index contributed by atoms with van der Waals surface area (Å²) in [5, 5.41) is 8.94. The number of alkyl halides is 2. The average Bonchev–Trinajstić information content (AvgIpc) is 2.63. The van der Waals surface area contributed by atoms with Gasteiger partial charge in [-0.25, -0.2) is 4.39 Å². The highest BCUT2D eigenvalue weighted by atomic mass is 32.1. The van der Waals surface area contributed by atoms with Gasteiger partial charge in [0.05, 0.1) is 11.6 Å². The zero-order valence-electron chi connectivity index (χ0n) is 14.6. The van der Waals surface area contributed by atoms with Crippen LogP contribution in [0.3, 0.4) is 0 Å². The van der Waals surface area contributed by atoms with Crippen molar-refractivity contribution in [3.8, 4) is 5.75 Å². The number of rotatable bonds is 5. The van der Waals surface area contributed by atoms with Gasteiger partial charge in [0.25, 0.3) is 5.91 Å². The van der Waals surface area contributed by atoms with E-state index in [0.29, 0.717) is 27.6 Å². The highest BCUT2D eigenvalue weighted by molar-refractivity contribution is 7.80. The molecule has 0 aliphatic carbocycles. The summed E-state index contributed by atoms with van der Waals surface area (Å²) in [6.45, 7) is -1.22. The fourth-order valence-electron chi connectivity index (χ4n) is 2.82. The van der Waals surface area contributed by atoms with E-state index in [0.717, 1.165) is 0 Å². The third-order valence-electron chi connectivity index (χ3n) is 4.05. The first-order valence-electron chi connectivity index (χ1n) is 8.23. The standard InChI is InChI=1S/C19H16F3N3O2S/c1-10-15(17(26)24-13-6-4-12(20)5-7-13)16(25-19(28)23-10)11-2-8-14(9-3-11)27-18(21)22/h2-9,16,18H,1H3,(H,24,26)(H2,23,25,28)/t16-/m0/s1. The van der Waals surface area contributed by atoms with E-state index in [2.05, 4.69) is 20.7 Å². The smallest absolute Gasteiger partial charge is 0.387 e. The first-order chi connectivity index (χ1) is 13.3. The number of carbonyl (C=O) groups is 1. The van der Waals surface area contributed by atoms with E-state index in [1.807, 2.05) is 0 Å². The largest absolute Gasteiger partial charge is 0.435 e. The van der Waals surface area contributed by atoms with Gasteiger partial charge >= 0.3 is 6.61 Å². The van der Waals surface area contributed by atoms with Gasteiger partial charge in [-0.2, -0.15) is 8.78 Å². The maximum atomic E-state index is 13.1. The van der Waals surface area contributed by atoms with E-state index in [9.17, 15) is 18.0 Å². The molecule has 9 heteroatoms. The van der Waals surface area contributed by atoms with Gasteiger partial charge in [-0.3, -0.25) is 4.79 Å². The molecular weight excluding hydrogens is 391 g/mol. The van der Waals surface area contributed by atoms with Crippen molar-refractivity contribution in [2.24, 2.45) is 0 Å².